The largest absolute Gasteiger partial charge is 0.385 e. The minimum Gasteiger partial charge on any atom is -0.385 e. The summed E-state index contributed by atoms with van der Waals surface area (Å²) in [6, 6.07) is 5.82. The number of hydrogen-bond donors (Lipinski definition) is 3. The Kier molecular flexibility index (Phi) is 3.42. The fourth-order valence-corrected chi connectivity index (χ4v) is 1.50. The quantitative estimate of drug-likeness (QED) is 0.681. The van der Waals surface area contributed by atoms with E-state index in [4.69, 9.17) is 11.1 Å². The Morgan fingerprint density at radius 2 is 2.06 bits per heavy atom. The van der Waals surface area contributed by atoms with Gasteiger partial charge in [-0.15, -0.1) is 0 Å². The lowest BCUT2D eigenvalue weighted by atomic mass is 10.1. The fourth-order valence-electron chi connectivity index (χ4n) is 1.50. The molecular weight excluding hydrogens is 217 g/mol. The van der Waals surface area contributed by atoms with Crippen LogP contribution in [0.15, 0.2) is 36.2 Å². The van der Waals surface area contributed by atoms with Gasteiger partial charge in [0.1, 0.15) is 5.82 Å². The van der Waals surface area contributed by atoms with Gasteiger partial charge in [0.25, 0.3) is 0 Å². The molecule has 0 amide bonds. The molecule has 0 unspecified atom stereocenters. The minimum absolute atomic E-state index is 0.283. The van der Waals surface area contributed by atoms with Gasteiger partial charge in [0.15, 0.2) is 0 Å². The highest BCUT2D eigenvalue weighted by atomic mass is 19.1. The van der Waals surface area contributed by atoms with E-state index >= 15 is 0 Å². The van der Waals surface area contributed by atoms with E-state index in [1.54, 1.807) is 18.2 Å². The molecular formula is C13H16FN3. The van der Waals surface area contributed by atoms with Crippen molar-refractivity contribution in [1.82, 2.24) is 5.32 Å². The number of allylic oxidation sites excluding steroid dienone is 1. The van der Waals surface area contributed by atoms with E-state index in [2.05, 4.69) is 5.32 Å². The van der Waals surface area contributed by atoms with Crippen LogP contribution in [0.3, 0.4) is 0 Å². The normalized spacial score (nSPS) is 15.7. The molecule has 0 atom stereocenters. The zero-order valence-electron chi connectivity index (χ0n) is 9.54. The summed E-state index contributed by atoms with van der Waals surface area (Å²) in [5.74, 6) is 0.929. The fraction of sp³-hybridized carbons (Fsp3) is 0.308. The highest BCUT2D eigenvalue weighted by molar-refractivity contribution is 6.06. The van der Waals surface area contributed by atoms with Crippen molar-refractivity contribution < 1.29 is 4.39 Å². The smallest absolute Gasteiger partial charge is 0.123 e. The standard InChI is InChI=1S/C13H16FN3/c14-11-5-3-10(4-6-11)12(15)7-13(16)17-8-9-1-2-9/h3-7,9,15,17H,1-2,8,16H2/b13-7+,15-12?. The average molecular weight is 233 g/mol. The second-order valence-corrected chi connectivity index (χ2v) is 4.34. The summed E-state index contributed by atoms with van der Waals surface area (Å²) >= 11 is 0. The Labute approximate surface area is 100 Å². The summed E-state index contributed by atoms with van der Waals surface area (Å²) in [6.45, 7) is 0.874. The molecule has 0 saturated heterocycles. The Balaban J connectivity index is 1.93. The first-order chi connectivity index (χ1) is 8.15. The number of nitrogens with two attached hydrogens (primary N) is 1. The Morgan fingerprint density at radius 3 is 2.65 bits per heavy atom. The van der Waals surface area contributed by atoms with E-state index in [9.17, 15) is 4.39 Å². The maximum atomic E-state index is 12.7. The van der Waals surface area contributed by atoms with Crippen LogP contribution < -0.4 is 11.1 Å². The monoisotopic (exact) mass is 233 g/mol. The van der Waals surface area contributed by atoms with E-state index < -0.39 is 0 Å². The second kappa shape index (κ2) is 4.99. The van der Waals surface area contributed by atoms with Gasteiger partial charge in [-0.25, -0.2) is 4.39 Å². The van der Waals surface area contributed by atoms with Crippen molar-refractivity contribution >= 4 is 5.71 Å². The molecule has 90 valence electrons. The van der Waals surface area contributed by atoms with Gasteiger partial charge in [0, 0.05) is 12.6 Å². The van der Waals surface area contributed by atoms with Gasteiger partial charge >= 0.3 is 0 Å². The first-order valence-corrected chi connectivity index (χ1v) is 5.70. The third-order valence-corrected chi connectivity index (χ3v) is 2.75. The van der Waals surface area contributed by atoms with E-state index in [0.29, 0.717) is 11.4 Å². The lowest BCUT2D eigenvalue weighted by Gasteiger charge is -2.05. The molecule has 1 aliphatic carbocycles. The van der Waals surface area contributed by atoms with Gasteiger partial charge in [-0.05, 0) is 48.6 Å². The summed E-state index contributed by atoms with van der Waals surface area (Å²) in [5, 5.41) is 10.9. The number of benzene rings is 1. The minimum atomic E-state index is -0.301. The number of rotatable bonds is 5. The maximum Gasteiger partial charge on any atom is 0.123 e. The molecule has 0 bridgehead atoms. The van der Waals surface area contributed by atoms with Gasteiger partial charge < -0.3 is 16.5 Å². The van der Waals surface area contributed by atoms with Crippen molar-refractivity contribution in [1.29, 1.82) is 5.41 Å². The summed E-state index contributed by atoms with van der Waals surface area (Å²) < 4.78 is 12.7. The molecule has 1 fully saturated rings. The Bertz CT molecular complexity index is 432. The topological polar surface area (TPSA) is 61.9 Å². The summed E-state index contributed by atoms with van der Waals surface area (Å²) in [5.41, 5.74) is 6.69. The van der Waals surface area contributed by atoms with E-state index in [1.807, 2.05) is 0 Å². The second-order valence-electron chi connectivity index (χ2n) is 4.34. The first kappa shape index (κ1) is 11.6. The van der Waals surface area contributed by atoms with E-state index in [0.717, 1.165) is 12.5 Å². The molecule has 0 spiro atoms. The average Bonchev–Trinajstić information content (AvgIpc) is 3.11. The van der Waals surface area contributed by atoms with Crippen LogP contribution >= 0.6 is 0 Å². The van der Waals surface area contributed by atoms with Crippen molar-refractivity contribution in [3.05, 3.63) is 47.5 Å². The van der Waals surface area contributed by atoms with Crippen molar-refractivity contribution in [2.75, 3.05) is 6.54 Å². The zero-order chi connectivity index (χ0) is 12.3. The molecule has 0 heterocycles. The maximum absolute atomic E-state index is 12.7. The molecule has 1 saturated carbocycles. The molecule has 1 aromatic rings. The van der Waals surface area contributed by atoms with Crippen LogP contribution in [0.5, 0.6) is 0 Å². The molecule has 1 aliphatic rings. The van der Waals surface area contributed by atoms with Crippen molar-refractivity contribution in [3.63, 3.8) is 0 Å². The molecule has 4 N–H and O–H groups in total. The van der Waals surface area contributed by atoms with Gasteiger partial charge in [-0.1, -0.05) is 0 Å². The SMILES string of the molecule is N=C(/C=C(\N)NCC1CC1)c1ccc(F)cc1. The molecule has 3 nitrogen and oxygen atoms in total. The summed E-state index contributed by atoms with van der Waals surface area (Å²) in [7, 11) is 0. The molecule has 0 radical (unpaired) electrons. The highest BCUT2D eigenvalue weighted by Gasteiger charge is 2.20. The van der Waals surface area contributed by atoms with Crippen LogP contribution in [0.2, 0.25) is 0 Å². The van der Waals surface area contributed by atoms with Crippen LogP contribution in [0.4, 0.5) is 4.39 Å². The van der Waals surface area contributed by atoms with Crippen LogP contribution in [0.1, 0.15) is 18.4 Å². The summed E-state index contributed by atoms with van der Waals surface area (Å²) in [4.78, 5) is 0. The molecule has 4 heteroatoms. The van der Waals surface area contributed by atoms with Crippen LogP contribution in [0.25, 0.3) is 0 Å². The van der Waals surface area contributed by atoms with Gasteiger partial charge in [0.2, 0.25) is 0 Å². The van der Waals surface area contributed by atoms with Gasteiger partial charge in [-0.2, -0.15) is 0 Å². The summed E-state index contributed by atoms with van der Waals surface area (Å²) in [6.07, 6.45) is 4.08. The molecule has 17 heavy (non-hydrogen) atoms. The third kappa shape index (κ3) is 3.59. The van der Waals surface area contributed by atoms with Crippen molar-refractivity contribution in [3.8, 4) is 0 Å². The van der Waals surface area contributed by atoms with Gasteiger partial charge in [0.05, 0.1) is 11.5 Å². The lowest BCUT2D eigenvalue weighted by Crippen LogP contribution is -2.23. The van der Waals surface area contributed by atoms with Crippen molar-refractivity contribution in [2.24, 2.45) is 11.7 Å². The Hall–Kier alpha value is -1.84. The number of halogens is 1. The molecule has 1 aromatic carbocycles. The van der Waals surface area contributed by atoms with E-state index in [1.165, 1.54) is 25.0 Å². The first-order valence-electron chi connectivity index (χ1n) is 5.70. The number of nitrogens with one attached hydrogen (secondary N) is 2. The van der Waals surface area contributed by atoms with Crippen LogP contribution in [-0.2, 0) is 0 Å². The van der Waals surface area contributed by atoms with Crippen LogP contribution in [-0.4, -0.2) is 12.3 Å². The molecule has 0 aromatic heterocycles. The predicted molar refractivity (Wildman–Crippen MR) is 66.2 cm³/mol. The zero-order valence-corrected chi connectivity index (χ0v) is 9.54. The van der Waals surface area contributed by atoms with Gasteiger partial charge in [-0.3, -0.25) is 0 Å². The molecule has 0 aliphatic heterocycles. The van der Waals surface area contributed by atoms with E-state index in [-0.39, 0.29) is 11.5 Å². The number of hydrogen-bond acceptors (Lipinski definition) is 3. The lowest BCUT2D eigenvalue weighted by molar-refractivity contribution is 0.628. The van der Waals surface area contributed by atoms with Crippen LogP contribution in [0, 0.1) is 17.1 Å². The molecule has 2 rings (SSSR count). The van der Waals surface area contributed by atoms with Crippen molar-refractivity contribution in [2.45, 2.75) is 12.8 Å². The predicted octanol–water partition coefficient (Wildman–Crippen LogP) is 1.99. The highest BCUT2D eigenvalue weighted by Crippen LogP contribution is 2.27. The third-order valence-electron chi connectivity index (χ3n) is 2.75. The Morgan fingerprint density at radius 1 is 1.41 bits per heavy atom.